The van der Waals surface area contributed by atoms with E-state index >= 15 is 0 Å². The molecule has 0 fully saturated rings. The topological polar surface area (TPSA) is 92.3 Å². The predicted molar refractivity (Wildman–Crippen MR) is 149 cm³/mol. The van der Waals surface area contributed by atoms with Crippen molar-refractivity contribution in [3.8, 4) is 34.0 Å². The number of aliphatic hydroxyl groups excluding tert-OH is 1. The monoisotopic (exact) mass is 536 g/mol. The molecule has 1 atom stereocenters. The van der Waals surface area contributed by atoms with Crippen molar-refractivity contribution in [2.75, 3.05) is 19.4 Å². The van der Waals surface area contributed by atoms with E-state index in [0.29, 0.717) is 72.7 Å². The Morgan fingerprint density at radius 2 is 1.80 bits per heavy atom. The van der Waals surface area contributed by atoms with Crippen LogP contribution in [0.5, 0.6) is 0 Å². The normalized spacial score (nSPS) is 14.0. The van der Waals surface area contributed by atoms with Gasteiger partial charge in [-0.05, 0) is 54.6 Å². The van der Waals surface area contributed by atoms with Crippen LogP contribution in [0.1, 0.15) is 22.1 Å². The Morgan fingerprint density at radius 1 is 1.00 bits per heavy atom. The number of halogens is 2. The van der Waals surface area contributed by atoms with Crippen molar-refractivity contribution in [1.29, 1.82) is 0 Å². The van der Waals surface area contributed by atoms with E-state index in [1.807, 2.05) is 12.1 Å². The van der Waals surface area contributed by atoms with Crippen LogP contribution in [0, 0.1) is 11.6 Å². The van der Waals surface area contributed by atoms with E-state index in [1.165, 1.54) is 25.2 Å². The second-order valence-corrected chi connectivity index (χ2v) is 9.62. The summed E-state index contributed by atoms with van der Waals surface area (Å²) in [5.74, 6) is -0.787. The van der Waals surface area contributed by atoms with Gasteiger partial charge in [0.15, 0.2) is 6.23 Å². The van der Waals surface area contributed by atoms with E-state index in [2.05, 4.69) is 10.6 Å². The van der Waals surface area contributed by atoms with Gasteiger partial charge in [0.05, 0.1) is 28.2 Å². The van der Waals surface area contributed by atoms with Crippen LogP contribution >= 0.6 is 0 Å². The molecular weight excluding hydrogens is 514 g/mol. The second-order valence-electron chi connectivity index (χ2n) is 9.62. The summed E-state index contributed by atoms with van der Waals surface area (Å²) in [5.41, 5.74) is 5.71. The van der Waals surface area contributed by atoms with Crippen molar-refractivity contribution in [1.82, 2.24) is 14.9 Å². The molecule has 4 heterocycles. The molecule has 40 heavy (non-hydrogen) atoms. The van der Waals surface area contributed by atoms with Crippen LogP contribution in [0.3, 0.4) is 0 Å². The van der Waals surface area contributed by atoms with Crippen LogP contribution in [-0.4, -0.2) is 34.7 Å². The molecule has 7 nitrogen and oxygen atoms in total. The first-order valence-electron chi connectivity index (χ1n) is 12.6. The number of rotatable bonds is 4. The van der Waals surface area contributed by atoms with Gasteiger partial charge in [0.25, 0.3) is 5.91 Å². The summed E-state index contributed by atoms with van der Waals surface area (Å²) < 4.78 is 36.0. The highest BCUT2D eigenvalue weighted by Crippen LogP contribution is 2.44. The van der Waals surface area contributed by atoms with E-state index in [-0.39, 0.29) is 11.7 Å². The first kappa shape index (κ1) is 24.1. The maximum absolute atomic E-state index is 14.5. The fourth-order valence-corrected chi connectivity index (χ4v) is 5.55. The minimum atomic E-state index is -0.996. The number of furan rings is 1. The molecule has 0 saturated heterocycles. The van der Waals surface area contributed by atoms with Gasteiger partial charge in [-0.15, -0.1) is 0 Å². The summed E-state index contributed by atoms with van der Waals surface area (Å²) in [7, 11) is 3.31. The van der Waals surface area contributed by atoms with Crippen molar-refractivity contribution < 1.29 is 23.1 Å². The van der Waals surface area contributed by atoms with Gasteiger partial charge >= 0.3 is 0 Å². The number of amides is 1. The van der Waals surface area contributed by atoms with Crippen molar-refractivity contribution in [3.05, 3.63) is 95.6 Å². The van der Waals surface area contributed by atoms with E-state index in [0.717, 1.165) is 0 Å². The Balaban J connectivity index is 1.44. The molecule has 7 rings (SSSR count). The number of aromatic nitrogens is 2. The summed E-state index contributed by atoms with van der Waals surface area (Å²) >= 11 is 0. The van der Waals surface area contributed by atoms with E-state index in [4.69, 9.17) is 9.40 Å². The molecule has 3 N–H and O–H groups in total. The molecule has 0 radical (unpaired) electrons. The summed E-state index contributed by atoms with van der Waals surface area (Å²) in [4.78, 5) is 18.0. The standard InChI is InChI=1S/C31H22F2N4O3/c1-34-23-14-26-20(27(30(38)35-2)29(40-26)15-6-8-16(32)9-7-15)12-19(23)22-11-10-17-28(36-22)25-13-18-21(33)4-3-5-24(18)37(25)31(17)39/h3-14,31,34,39H,1-2H3,(H,35,38). The average Bonchev–Trinajstić information content (AvgIpc) is 3.62. The lowest BCUT2D eigenvalue weighted by Crippen LogP contribution is -2.18. The van der Waals surface area contributed by atoms with Gasteiger partial charge in [-0.2, -0.15) is 0 Å². The van der Waals surface area contributed by atoms with Crippen LogP contribution in [-0.2, 0) is 0 Å². The molecule has 1 amide bonds. The van der Waals surface area contributed by atoms with Gasteiger partial charge in [-0.3, -0.25) is 4.79 Å². The number of carbonyl (C=O) groups is 1. The van der Waals surface area contributed by atoms with Crippen LogP contribution in [0.15, 0.2) is 77.2 Å². The molecule has 1 unspecified atom stereocenters. The predicted octanol–water partition coefficient (Wildman–Crippen LogP) is 6.32. The number of hydrogen-bond acceptors (Lipinski definition) is 5. The summed E-state index contributed by atoms with van der Waals surface area (Å²) in [6.07, 6.45) is -0.996. The lowest BCUT2D eigenvalue weighted by molar-refractivity contribution is 0.0964. The van der Waals surface area contributed by atoms with E-state index in [1.54, 1.807) is 54.1 Å². The molecule has 0 saturated carbocycles. The second kappa shape index (κ2) is 8.75. The minimum Gasteiger partial charge on any atom is -0.455 e. The molecule has 9 heteroatoms. The lowest BCUT2D eigenvalue weighted by atomic mass is 10.00. The van der Waals surface area contributed by atoms with Crippen LogP contribution in [0.25, 0.3) is 55.8 Å². The van der Waals surface area contributed by atoms with Gasteiger partial charge in [0, 0.05) is 53.3 Å². The molecule has 0 spiro atoms. The molecule has 1 aliphatic heterocycles. The highest BCUT2D eigenvalue weighted by Gasteiger charge is 2.31. The first-order chi connectivity index (χ1) is 19.4. The van der Waals surface area contributed by atoms with Gasteiger partial charge in [-0.25, -0.2) is 13.8 Å². The van der Waals surface area contributed by atoms with Gasteiger partial charge < -0.3 is 24.7 Å². The largest absolute Gasteiger partial charge is 0.455 e. The Labute approximate surface area is 226 Å². The molecular formula is C31H22F2N4O3. The van der Waals surface area contributed by atoms with Crippen LogP contribution < -0.4 is 10.6 Å². The highest BCUT2D eigenvalue weighted by molar-refractivity contribution is 6.12. The molecule has 1 aliphatic rings. The van der Waals surface area contributed by atoms with Gasteiger partial charge in [-0.1, -0.05) is 12.1 Å². The Morgan fingerprint density at radius 3 is 2.55 bits per heavy atom. The molecule has 3 aromatic carbocycles. The number of carbonyl (C=O) groups excluding carboxylic acids is 1. The number of fused-ring (bicyclic) bond motifs is 6. The number of anilines is 1. The highest BCUT2D eigenvalue weighted by atomic mass is 19.1. The quantitative estimate of drug-likeness (QED) is 0.245. The molecule has 0 aliphatic carbocycles. The van der Waals surface area contributed by atoms with Crippen molar-refractivity contribution in [2.45, 2.75) is 6.23 Å². The van der Waals surface area contributed by atoms with Crippen molar-refractivity contribution in [3.63, 3.8) is 0 Å². The SMILES string of the molecule is CNC(=O)c1c(-c2ccc(F)cc2)oc2cc(NC)c(-c3ccc4c(n3)-c3cc5c(F)cccc5n3C4O)cc12. The molecule has 6 aromatic rings. The van der Waals surface area contributed by atoms with Crippen LogP contribution in [0.4, 0.5) is 14.5 Å². The average molecular weight is 537 g/mol. The lowest BCUT2D eigenvalue weighted by Gasteiger charge is -2.12. The van der Waals surface area contributed by atoms with Crippen LogP contribution in [0.2, 0.25) is 0 Å². The van der Waals surface area contributed by atoms with Gasteiger partial charge in [0.2, 0.25) is 0 Å². The van der Waals surface area contributed by atoms with Gasteiger partial charge in [0.1, 0.15) is 23.0 Å². The van der Waals surface area contributed by atoms with Crippen molar-refractivity contribution in [2.24, 2.45) is 0 Å². The summed E-state index contributed by atoms with van der Waals surface area (Å²) in [6.45, 7) is 0. The zero-order valence-corrected chi connectivity index (χ0v) is 21.4. The maximum atomic E-state index is 14.5. The first-order valence-corrected chi connectivity index (χ1v) is 12.6. The van der Waals surface area contributed by atoms with E-state index < -0.39 is 12.0 Å². The number of aliphatic hydroxyl groups is 1. The zero-order chi connectivity index (χ0) is 27.7. The number of nitrogens with zero attached hydrogens (tertiary/aromatic N) is 2. The summed E-state index contributed by atoms with van der Waals surface area (Å²) in [5, 5.41) is 17.9. The molecule has 3 aromatic heterocycles. The summed E-state index contributed by atoms with van der Waals surface area (Å²) in [6, 6.07) is 19.5. The minimum absolute atomic E-state index is 0.320. The third-order valence-corrected chi connectivity index (χ3v) is 7.46. The maximum Gasteiger partial charge on any atom is 0.255 e. The van der Waals surface area contributed by atoms with Crippen molar-refractivity contribution >= 4 is 33.5 Å². The number of nitrogens with one attached hydrogen (secondary N) is 2. The third-order valence-electron chi connectivity index (χ3n) is 7.46. The zero-order valence-electron chi connectivity index (χ0n) is 21.4. The Hall–Kier alpha value is -5.02. The third kappa shape index (κ3) is 3.37. The fraction of sp³-hybridized carbons (Fsp3) is 0.0968. The molecule has 198 valence electrons. The molecule has 0 bridgehead atoms. The number of pyridine rings is 1. The Bertz CT molecular complexity index is 1990. The number of hydrogen-bond donors (Lipinski definition) is 3. The number of benzene rings is 3. The van der Waals surface area contributed by atoms with E-state index in [9.17, 15) is 18.7 Å². The Kier molecular flexibility index (Phi) is 5.26. The smallest absolute Gasteiger partial charge is 0.255 e. The fourth-order valence-electron chi connectivity index (χ4n) is 5.55.